The zero-order valence-corrected chi connectivity index (χ0v) is 21.0. The number of furan rings is 1. The number of halogens is 2. The summed E-state index contributed by atoms with van der Waals surface area (Å²) in [5, 5.41) is 4.17. The summed E-state index contributed by atoms with van der Waals surface area (Å²) in [6.45, 7) is 5.32. The van der Waals surface area contributed by atoms with Crippen LogP contribution in [0.2, 0.25) is 0 Å². The summed E-state index contributed by atoms with van der Waals surface area (Å²) in [5.74, 6) is 1.17. The third-order valence-electron chi connectivity index (χ3n) is 6.29. The molecule has 5 rings (SSSR count). The number of morpholine rings is 1. The second-order valence-electron chi connectivity index (χ2n) is 8.45. The van der Waals surface area contributed by atoms with Crippen molar-refractivity contribution < 1.29 is 13.5 Å². The Morgan fingerprint density at radius 3 is 2.74 bits per heavy atom. The van der Waals surface area contributed by atoms with Gasteiger partial charge in [0.25, 0.3) is 0 Å². The highest BCUT2D eigenvalue weighted by molar-refractivity contribution is 9.10. The highest BCUT2D eigenvalue weighted by atomic mass is 79.9. The van der Waals surface area contributed by atoms with Crippen LogP contribution in [0.3, 0.4) is 0 Å². The molecule has 0 radical (unpaired) electrons. The predicted octanol–water partition coefficient (Wildman–Crippen LogP) is 4.94. The van der Waals surface area contributed by atoms with E-state index < -0.39 is 0 Å². The van der Waals surface area contributed by atoms with Crippen molar-refractivity contribution >= 4 is 33.3 Å². The number of nitrogens with one attached hydrogen (secondary N) is 1. The first-order valence-electron chi connectivity index (χ1n) is 11.4. The molecule has 9 heteroatoms. The molecule has 3 aromatic rings. The minimum Gasteiger partial charge on any atom is -0.459 e. The number of benzene rings is 1. The molecule has 2 atom stereocenters. The second-order valence-corrected chi connectivity index (χ2v) is 9.69. The largest absolute Gasteiger partial charge is 0.459 e. The monoisotopic (exact) mass is 544 g/mol. The van der Waals surface area contributed by atoms with Gasteiger partial charge >= 0.3 is 0 Å². The zero-order valence-electron chi connectivity index (χ0n) is 18.6. The fourth-order valence-electron chi connectivity index (χ4n) is 4.59. The van der Waals surface area contributed by atoms with Crippen LogP contribution in [-0.4, -0.2) is 59.3 Å². The maximum atomic E-state index is 13.6. The van der Waals surface area contributed by atoms with Crippen LogP contribution in [0.25, 0.3) is 11.3 Å². The molecule has 2 fully saturated rings. The van der Waals surface area contributed by atoms with E-state index in [1.807, 2.05) is 30.3 Å². The van der Waals surface area contributed by atoms with Gasteiger partial charge in [0.1, 0.15) is 23.4 Å². The fourth-order valence-corrected chi connectivity index (χ4v) is 5.47. The van der Waals surface area contributed by atoms with Gasteiger partial charge in [0, 0.05) is 42.4 Å². The van der Waals surface area contributed by atoms with E-state index in [2.05, 4.69) is 36.0 Å². The maximum Gasteiger partial charge on any atom is 0.170 e. The van der Waals surface area contributed by atoms with E-state index in [0.29, 0.717) is 15.3 Å². The van der Waals surface area contributed by atoms with Crippen LogP contribution in [0.5, 0.6) is 0 Å². The van der Waals surface area contributed by atoms with Gasteiger partial charge in [-0.15, -0.1) is 0 Å². The van der Waals surface area contributed by atoms with Crippen molar-refractivity contribution in [2.24, 2.45) is 0 Å². The van der Waals surface area contributed by atoms with E-state index in [1.165, 1.54) is 12.1 Å². The van der Waals surface area contributed by atoms with Crippen LogP contribution in [0.4, 0.5) is 4.39 Å². The Morgan fingerprint density at radius 2 is 1.97 bits per heavy atom. The van der Waals surface area contributed by atoms with E-state index in [1.54, 1.807) is 12.3 Å². The van der Waals surface area contributed by atoms with Gasteiger partial charge in [0.05, 0.1) is 24.9 Å². The molecule has 4 heterocycles. The Balaban J connectivity index is 1.41. The van der Waals surface area contributed by atoms with Gasteiger partial charge in [-0.3, -0.25) is 9.88 Å². The first-order chi connectivity index (χ1) is 16.6. The van der Waals surface area contributed by atoms with E-state index in [9.17, 15) is 4.39 Å². The Hall–Kier alpha value is -2.33. The molecule has 178 valence electrons. The summed E-state index contributed by atoms with van der Waals surface area (Å²) in [6.07, 6.45) is 2.77. The van der Waals surface area contributed by atoms with Crippen molar-refractivity contribution in [3.63, 3.8) is 0 Å². The van der Waals surface area contributed by atoms with Crippen molar-refractivity contribution in [1.82, 2.24) is 20.1 Å². The van der Waals surface area contributed by atoms with Crippen molar-refractivity contribution in [1.29, 1.82) is 0 Å². The summed E-state index contributed by atoms with van der Waals surface area (Å²) in [7, 11) is 0. The van der Waals surface area contributed by atoms with Gasteiger partial charge in [-0.05, 0) is 77.0 Å². The summed E-state index contributed by atoms with van der Waals surface area (Å²) >= 11 is 9.21. The summed E-state index contributed by atoms with van der Waals surface area (Å²) in [5.41, 5.74) is 1.71. The average molecular weight is 545 g/mol. The third kappa shape index (κ3) is 5.02. The van der Waals surface area contributed by atoms with Gasteiger partial charge in [0.2, 0.25) is 0 Å². The number of thiocarbonyl (C=S) groups is 1. The lowest BCUT2D eigenvalue weighted by atomic mass is 10.0. The number of hydrogen-bond acceptors (Lipinski definition) is 5. The maximum absolute atomic E-state index is 13.6. The minimum absolute atomic E-state index is 0.132. The molecular formula is C25H26BrFN4O2S. The van der Waals surface area contributed by atoms with Crippen LogP contribution in [0, 0.1) is 5.82 Å². The van der Waals surface area contributed by atoms with Gasteiger partial charge in [-0.2, -0.15) is 0 Å². The number of ether oxygens (including phenoxy) is 1. The zero-order chi connectivity index (χ0) is 23.5. The molecule has 0 saturated carbocycles. The Labute approximate surface area is 212 Å². The van der Waals surface area contributed by atoms with Crippen LogP contribution in [0.15, 0.2) is 63.6 Å². The molecule has 6 nitrogen and oxygen atoms in total. The molecule has 0 aliphatic carbocycles. The number of rotatable bonds is 7. The lowest BCUT2D eigenvalue weighted by molar-refractivity contribution is 0.0365. The standard InChI is InChI=1S/C25H26BrFN4O2S/c26-19-16-17(27)5-6-18(19)21-7-8-22(33-21)24-23(20-4-1-2-9-28-20)29-25(34)31(24)11-3-10-30-12-14-32-15-13-30/h1-2,4-9,16,23-24H,3,10-15H2,(H,29,34)/t23-,24+/m1/s1. The number of nitrogens with zero attached hydrogens (tertiary/aromatic N) is 3. The molecule has 0 spiro atoms. The summed E-state index contributed by atoms with van der Waals surface area (Å²) < 4.78 is 26.1. The van der Waals surface area contributed by atoms with Crippen molar-refractivity contribution in [3.8, 4) is 11.3 Å². The first-order valence-corrected chi connectivity index (χ1v) is 12.6. The number of aromatic nitrogens is 1. The van der Waals surface area contributed by atoms with Crippen LogP contribution in [-0.2, 0) is 4.74 Å². The smallest absolute Gasteiger partial charge is 0.170 e. The first kappa shape index (κ1) is 23.4. The minimum atomic E-state index is -0.297. The lowest BCUT2D eigenvalue weighted by Crippen LogP contribution is -2.38. The molecule has 2 saturated heterocycles. The summed E-state index contributed by atoms with van der Waals surface area (Å²) in [6, 6.07) is 14.1. The molecule has 1 N–H and O–H groups in total. The van der Waals surface area contributed by atoms with Gasteiger partial charge in [0.15, 0.2) is 5.11 Å². The normalized spacial score (nSPS) is 21.1. The quantitative estimate of drug-likeness (QED) is 0.423. The Bertz CT molecular complexity index is 1140. The number of pyridine rings is 1. The molecule has 2 aliphatic heterocycles. The average Bonchev–Trinajstić information content (AvgIpc) is 3.45. The van der Waals surface area contributed by atoms with Crippen LogP contribution in [0.1, 0.15) is 30.0 Å². The molecular weight excluding hydrogens is 519 g/mol. The van der Waals surface area contributed by atoms with Crippen LogP contribution < -0.4 is 5.32 Å². The van der Waals surface area contributed by atoms with Gasteiger partial charge < -0.3 is 19.4 Å². The Morgan fingerprint density at radius 1 is 1.12 bits per heavy atom. The molecule has 0 bridgehead atoms. The predicted molar refractivity (Wildman–Crippen MR) is 136 cm³/mol. The molecule has 1 aromatic carbocycles. The van der Waals surface area contributed by atoms with Gasteiger partial charge in [-0.1, -0.05) is 6.07 Å². The van der Waals surface area contributed by atoms with E-state index in [-0.39, 0.29) is 17.9 Å². The third-order valence-corrected chi connectivity index (χ3v) is 7.30. The van der Waals surface area contributed by atoms with Crippen molar-refractivity contribution in [2.45, 2.75) is 18.5 Å². The fraction of sp³-hybridized carbons (Fsp3) is 0.360. The van der Waals surface area contributed by atoms with Crippen LogP contribution >= 0.6 is 28.1 Å². The molecule has 2 aromatic heterocycles. The van der Waals surface area contributed by atoms with Gasteiger partial charge in [-0.25, -0.2) is 4.39 Å². The lowest BCUT2D eigenvalue weighted by Gasteiger charge is -2.29. The van der Waals surface area contributed by atoms with E-state index >= 15 is 0 Å². The summed E-state index contributed by atoms with van der Waals surface area (Å²) in [4.78, 5) is 9.22. The SMILES string of the molecule is Fc1ccc(-c2ccc([C@H]3[C@@H](c4ccccn4)NC(=S)N3CCCN3CCOCC3)o2)c(Br)c1. The van der Waals surface area contributed by atoms with Crippen molar-refractivity contribution in [3.05, 3.63) is 76.5 Å². The van der Waals surface area contributed by atoms with Crippen molar-refractivity contribution in [2.75, 3.05) is 39.4 Å². The topological polar surface area (TPSA) is 53.8 Å². The molecule has 0 unspecified atom stereocenters. The second kappa shape index (κ2) is 10.5. The highest BCUT2D eigenvalue weighted by Gasteiger charge is 2.41. The number of hydrogen-bond donors (Lipinski definition) is 1. The molecule has 0 amide bonds. The molecule has 2 aliphatic rings. The Kier molecular flexibility index (Phi) is 7.24. The molecule has 34 heavy (non-hydrogen) atoms. The van der Waals surface area contributed by atoms with E-state index in [4.69, 9.17) is 21.4 Å². The van der Waals surface area contributed by atoms with E-state index in [0.717, 1.165) is 62.8 Å². The highest BCUT2D eigenvalue weighted by Crippen LogP contribution is 2.41.